The van der Waals surface area contributed by atoms with Gasteiger partial charge in [-0.25, -0.2) is 4.63 Å². The van der Waals surface area contributed by atoms with E-state index < -0.39 is 0 Å². The Kier molecular flexibility index (Phi) is 4.17. The molecule has 0 unspecified atom stereocenters. The topological polar surface area (TPSA) is 51.4 Å². The molecule has 112 valence electrons. The van der Waals surface area contributed by atoms with Crippen LogP contribution in [-0.4, -0.2) is 46.5 Å². The van der Waals surface area contributed by atoms with E-state index in [0.29, 0.717) is 12.1 Å². The van der Waals surface area contributed by atoms with Crippen molar-refractivity contribution in [2.24, 2.45) is 0 Å². The standard InChI is InChI=1S/C15H19N3O2S/c1-18(11-4-6-12(19-2)7-5-11)15(21)10-3-8-13-14(9-10)17-20-16-13/h3,8-9,11-12H,4-7H2,1-2H3/t11-,12-. The maximum atomic E-state index is 5.63. The molecule has 1 fully saturated rings. The lowest BCUT2D eigenvalue weighted by Gasteiger charge is -2.35. The fourth-order valence-electron chi connectivity index (χ4n) is 2.95. The van der Waals surface area contributed by atoms with Gasteiger partial charge in [-0.15, -0.1) is 0 Å². The summed E-state index contributed by atoms with van der Waals surface area (Å²) < 4.78 is 10.2. The molecule has 0 amide bonds. The van der Waals surface area contributed by atoms with Crippen LogP contribution in [0.4, 0.5) is 0 Å². The van der Waals surface area contributed by atoms with E-state index in [4.69, 9.17) is 21.6 Å². The largest absolute Gasteiger partial charge is 0.381 e. The van der Waals surface area contributed by atoms with Crippen LogP contribution in [0.15, 0.2) is 22.8 Å². The highest BCUT2D eigenvalue weighted by molar-refractivity contribution is 7.80. The zero-order chi connectivity index (χ0) is 14.8. The highest BCUT2D eigenvalue weighted by Crippen LogP contribution is 2.25. The summed E-state index contributed by atoms with van der Waals surface area (Å²) in [7, 11) is 3.87. The molecule has 6 heteroatoms. The Morgan fingerprint density at radius 1 is 1.24 bits per heavy atom. The first-order valence-electron chi connectivity index (χ1n) is 7.21. The molecular formula is C15H19N3O2S. The zero-order valence-electron chi connectivity index (χ0n) is 12.3. The third-order valence-electron chi connectivity index (χ3n) is 4.35. The van der Waals surface area contributed by atoms with Crippen LogP contribution in [0.3, 0.4) is 0 Å². The maximum Gasteiger partial charge on any atom is 0.135 e. The molecule has 0 bridgehead atoms. The molecule has 0 atom stereocenters. The third kappa shape index (κ3) is 2.91. The number of nitrogens with zero attached hydrogens (tertiary/aromatic N) is 3. The molecule has 5 nitrogen and oxygen atoms in total. The van der Waals surface area contributed by atoms with E-state index >= 15 is 0 Å². The number of thiocarbonyl (C=S) groups is 1. The average molecular weight is 305 g/mol. The predicted octanol–water partition coefficient (Wildman–Crippen LogP) is 2.79. The summed E-state index contributed by atoms with van der Waals surface area (Å²) >= 11 is 5.63. The van der Waals surface area contributed by atoms with Crippen LogP contribution in [0.2, 0.25) is 0 Å². The number of aromatic nitrogens is 2. The summed E-state index contributed by atoms with van der Waals surface area (Å²) in [6, 6.07) is 6.29. The lowest BCUT2D eigenvalue weighted by atomic mass is 9.92. The first-order chi connectivity index (χ1) is 10.2. The van der Waals surface area contributed by atoms with Crippen LogP contribution in [-0.2, 0) is 4.74 Å². The van der Waals surface area contributed by atoms with Crippen molar-refractivity contribution in [3.63, 3.8) is 0 Å². The third-order valence-corrected chi connectivity index (χ3v) is 4.87. The van der Waals surface area contributed by atoms with Gasteiger partial charge >= 0.3 is 0 Å². The van der Waals surface area contributed by atoms with Crippen molar-refractivity contribution >= 4 is 28.2 Å². The molecule has 1 saturated carbocycles. The minimum absolute atomic E-state index is 0.403. The average Bonchev–Trinajstić information content (AvgIpc) is 3.01. The zero-order valence-corrected chi connectivity index (χ0v) is 13.1. The maximum absolute atomic E-state index is 5.63. The molecule has 0 radical (unpaired) electrons. The monoisotopic (exact) mass is 305 g/mol. The van der Waals surface area contributed by atoms with Crippen molar-refractivity contribution in [1.29, 1.82) is 0 Å². The van der Waals surface area contributed by atoms with E-state index in [2.05, 4.69) is 22.3 Å². The molecule has 1 aliphatic carbocycles. The van der Waals surface area contributed by atoms with Crippen molar-refractivity contribution < 1.29 is 9.37 Å². The second kappa shape index (κ2) is 6.07. The number of methoxy groups -OCH3 is 1. The smallest absolute Gasteiger partial charge is 0.135 e. The van der Waals surface area contributed by atoms with Gasteiger partial charge in [0.1, 0.15) is 16.0 Å². The van der Waals surface area contributed by atoms with Gasteiger partial charge in [-0.05, 0) is 54.2 Å². The highest BCUT2D eigenvalue weighted by Gasteiger charge is 2.25. The van der Waals surface area contributed by atoms with E-state index in [1.54, 1.807) is 7.11 Å². The summed E-state index contributed by atoms with van der Waals surface area (Å²) in [6.45, 7) is 0. The first-order valence-corrected chi connectivity index (χ1v) is 7.62. The number of benzene rings is 1. The van der Waals surface area contributed by atoms with Crippen LogP contribution >= 0.6 is 12.2 Å². The molecule has 3 rings (SSSR count). The van der Waals surface area contributed by atoms with Crippen molar-refractivity contribution in [1.82, 2.24) is 15.2 Å². The van der Waals surface area contributed by atoms with Gasteiger partial charge in [-0.3, -0.25) is 0 Å². The van der Waals surface area contributed by atoms with Gasteiger partial charge in [0.2, 0.25) is 0 Å². The Morgan fingerprint density at radius 2 is 1.95 bits per heavy atom. The number of fused-ring (bicyclic) bond motifs is 1. The van der Waals surface area contributed by atoms with E-state index in [9.17, 15) is 0 Å². The molecule has 0 aliphatic heterocycles. The Labute approximate surface area is 129 Å². The Morgan fingerprint density at radius 3 is 2.67 bits per heavy atom. The summed E-state index contributed by atoms with van der Waals surface area (Å²) in [4.78, 5) is 3.05. The van der Waals surface area contributed by atoms with Gasteiger partial charge in [0, 0.05) is 25.8 Å². The summed E-state index contributed by atoms with van der Waals surface area (Å²) in [6.07, 6.45) is 4.83. The second-order valence-corrected chi connectivity index (χ2v) is 5.94. The van der Waals surface area contributed by atoms with Crippen LogP contribution in [0.1, 0.15) is 31.2 Å². The summed E-state index contributed by atoms with van der Waals surface area (Å²) in [5.41, 5.74) is 2.49. The minimum atomic E-state index is 0.403. The van der Waals surface area contributed by atoms with E-state index in [-0.39, 0.29) is 0 Å². The normalized spacial score (nSPS) is 22.4. The molecule has 1 heterocycles. The van der Waals surface area contributed by atoms with Gasteiger partial charge in [0.25, 0.3) is 0 Å². The number of ether oxygens (including phenoxy) is 1. The van der Waals surface area contributed by atoms with E-state index in [1.165, 1.54) is 0 Å². The number of hydrogen-bond acceptors (Lipinski definition) is 5. The van der Waals surface area contributed by atoms with Crippen molar-refractivity contribution in [3.8, 4) is 0 Å². The van der Waals surface area contributed by atoms with Gasteiger partial charge in [0.05, 0.1) is 6.10 Å². The van der Waals surface area contributed by atoms with Gasteiger partial charge < -0.3 is 9.64 Å². The van der Waals surface area contributed by atoms with E-state index in [1.807, 2.05) is 18.2 Å². The van der Waals surface area contributed by atoms with E-state index in [0.717, 1.165) is 47.3 Å². The van der Waals surface area contributed by atoms with Gasteiger partial charge in [-0.1, -0.05) is 12.2 Å². The number of hydrogen-bond donors (Lipinski definition) is 0. The summed E-state index contributed by atoms with van der Waals surface area (Å²) in [5, 5.41) is 7.69. The highest BCUT2D eigenvalue weighted by atomic mass is 32.1. The molecule has 0 spiro atoms. The number of rotatable bonds is 3. The molecule has 21 heavy (non-hydrogen) atoms. The van der Waals surface area contributed by atoms with Gasteiger partial charge in [0.15, 0.2) is 0 Å². The SMILES string of the molecule is CO[C@H]1CC[C@H](N(C)C(=S)c2ccc3nonc3c2)CC1. The van der Waals surface area contributed by atoms with Crippen LogP contribution in [0.25, 0.3) is 11.0 Å². The molecule has 1 aromatic heterocycles. The molecular weight excluding hydrogens is 286 g/mol. The van der Waals surface area contributed by atoms with Crippen LogP contribution in [0, 0.1) is 0 Å². The fourth-order valence-corrected chi connectivity index (χ4v) is 3.23. The van der Waals surface area contributed by atoms with Crippen LogP contribution < -0.4 is 0 Å². The quantitative estimate of drug-likeness (QED) is 0.813. The molecule has 0 N–H and O–H groups in total. The first kappa shape index (κ1) is 14.4. The van der Waals surface area contributed by atoms with Crippen LogP contribution in [0.5, 0.6) is 0 Å². The van der Waals surface area contributed by atoms with Gasteiger partial charge in [-0.2, -0.15) is 0 Å². The Balaban J connectivity index is 1.72. The Bertz CT molecular complexity index is 635. The van der Waals surface area contributed by atoms with Crippen molar-refractivity contribution in [3.05, 3.63) is 23.8 Å². The summed E-state index contributed by atoms with van der Waals surface area (Å²) in [5.74, 6) is 0. The van der Waals surface area contributed by atoms with Crippen molar-refractivity contribution in [2.45, 2.75) is 37.8 Å². The second-order valence-electron chi connectivity index (χ2n) is 5.55. The predicted molar refractivity (Wildman–Crippen MR) is 84.3 cm³/mol. The minimum Gasteiger partial charge on any atom is -0.381 e. The lowest BCUT2D eigenvalue weighted by molar-refractivity contribution is 0.0543. The fraction of sp³-hybridized carbons (Fsp3) is 0.533. The Hall–Kier alpha value is -1.53. The molecule has 1 aliphatic rings. The molecule has 2 aromatic rings. The van der Waals surface area contributed by atoms with Crippen molar-refractivity contribution in [2.75, 3.05) is 14.2 Å². The lowest BCUT2D eigenvalue weighted by Crippen LogP contribution is -2.40. The molecule has 0 saturated heterocycles. The molecule has 1 aromatic carbocycles.